The number of piperazine rings is 1. The number of amides is 1. The predicted octanol–water partition coefficient (Wildman–Crippen LogP) is 6.60. The molecule has 1 fully saturated rings. The van der Waals surface area contributed by atoms with Crippen LogP contribution in [0.2, 0.25) is 0 Å². The Morgan fingerprint density at radius 3 is 2.58 bits per heavy atom. The fourth-order valence-corrected chi connectivity index (χ4v) is 4.95. The number of halogens is 2. The predicted molar refractivity (Wildman–Crippen MR) is 147 cm³/mol. The van der Waals surface area contributed by atoms with E-state index in [9.17, 15) is 9.18 Å². The lowest BCUT2D eigenvalue weighted by molar-refractivity contribution is -0.127. The van der Waals surface area contributed by atoms with Crippen molar-refractivity contribution in [2.75, 3.05) is 26.2 Å². The van der Waals surface area contributed by atoms with Crippen molar-refractivity contribution in [2.45, 2.75) is 33.1 Å². The molecule has 1 saturated heterocycles. The summed E-state index contributed by atoms with van der Waals surface area (Å²) < 4.78 is 15.0. The second-order valence-electron chi connectivity index (χ2n) is 9.22. The molecule has 188 valence electrons. The zero-order valence-electron chi connectivity index (χ0n) is 21.0. The zero-order chi connectivity index (χ0) is 25.7. The molecule has 2 aromatic carbocycles. The van der Waals surface area contributed by atoms with Crippen molar-refractivity contribution >= 4 is 23.1 Å². The minimum atomic E-state index is -0.255. The number of nitrogens with zero attached hydrogens (tertiary/aromatic N) is 2. The number of rotatable bonds is 7. The van der Waals surface area contributed by atoms with Gasteiger partial charge in [-0.1, -0.05) is 67.9 Å². The number of carbonyl (C=O) groups is 1. The summed E-state index contributed by atoms with van der Waals surface area (Å²) in [6, 6.07) is 13.1. The second kappa shape index (κ2) is 11.7. The van der Waals surface area contributed by atoms with E-state index >= 15 is 0 Å². The van der Waals surface area contributed by atoms with E-state index in [0.717, 1.165) is 54.6 Å². The Morgan fingerprint density at radius 2 is 1.89 bits per heavy atom. The van der Waals surface area contributed by atoms with Crippen LogP contribution >= 0.6 is 11.6 Å². The maximum absolute atomic E-state index is 15.0. The van der Waals surface area contributed by atoms with Gasteiger partial charge in [0, 0.05) is 49.2 Å². The Labute approximate surface area is 218 Å². The molecular weight excluding hydrogens is 473 g/mol. The molecule has 0 saturated carbocycles. The summed E-state index contributed by atoms with van der Waals surface area (Å²) in [5.74, 6) is -0.255. The van der Waals surface area contributed by atoms with Gasteiger partial charge in [-0.05, 0) is 60.2 Å². The molecule has 0 aromatic heterocycles. The lowest BCUT2D eigenvalue weighted by atomic mass is 9.91. The fourth-order valence-electron chi connectivity index (χ4n) is 4.59. The molecule has 0 atom stereocenters. The van der Waals surface area contributed by atoms with Crippen LogP contribution in [0.25, 0.3) is 16.7 Å². The summed E-state index contributed by atoms with van der Waals surface area (Å²) in [7, 11) is 0. The Morgan fingerprint density at radius 1 is 1.14 bits per heavy atom. The Bertz CT molecular complexity index is 1240. The summed E-state index contributed by atoms with van der Waals surface area (Å²) in [4.78, 5) is 16.6. The normalized spacial score (nSPS) is 16.7. The van der Waals surface area contributed by atoms with Crippen molar-refractivity contribution in [3.8, 4) is 11.1 Å². The van der Waals surface area contributed by atoms with Crippen LogP contribution < -0.4 is 5.32 Å². The first kappa shape index (κ1) is 25.9. The van der Waals surface area contributed by atoms with E-state index in [1.165, 1.54) is 0 Å². The van der Waals surface area contributed by atoms with Crippen molar-refractivity contribution in [3.63, 3.8) is 0 Å². The monoisotopic (exact) mass is 505 g/mol. The van der Waals surface area contributed by atoms with E-state index in [-0.39, 0.29) is 11.7 Å². The molecule has 0 unspecified atom stereocenters. The Hall–Kier alpha value is -3.15. The number of hydrogen-bond acceptors (Lipinski definition) is 3. The molecule has 2 heterocycles. The average molecular weight is 506 g/mol. The van der Waals surface area contributed by atoms with Gasteiger partial charge in [0.25, 0.3) is 5.91 Å². The Balaban J connectivity index is 1.70. The largest absolute Gasteiger partial charge is 0.336 e. The molecule has 4 rings (SSSR count). The lowest BCUT2D eigenvalue weighted by Crippen LogP contribution is -2.47. The van der Waals surface area contributed by atoms with E-state index in [4.69, 9.17) is 11.6 Å². The van der Waals surface area contributed by atoms with E-state index in [1.807, 2.05) is 53.1 Å². The molecule has 2 aliphatic rings. The standard InChI is InChI=1S/C30H33ClFN3O/c1-4-5-8-27(25-10-7-6-9-24(25)26-12-11-21(2)19-28(26)32)29(31)35-16-13-23(20-22(35)3)30(36)34-17-14-33-15-18-34/h6-7,9-13,16,19-20,33H,3-5,8,14-15,17-18H2,1-2H3/b29-27+. The van der Waals surface area contributed by atoms with Crippen LogP contribution in [0.5, 0.6) is 0 Å². The number of hydrogen-bond donors (Lipinski definition) is 1. The van der Waals surface area contributed by atoms with Gasteiger partial charge in [-0.15, -0.1) is 0 Å². The van der Waals surface area contributed by atoms with Gasteiger partial charge in [0.2, 0.25) is 0 Å². The van der Waals surface area contributed by atoms with E-state index < -0.39 is 0 Å². The zero-order valence-corrected chi connectivity index (χ0v) is 21.7. The van der Waals surface area contributed by atoms with Crippen molar-refractivity contribution in [3.05, 3.63) is 101 Å². The number of benzene rings is 2. The lowest BCUT2D eigenvalue weighted by Gasteiger charge is -2.30. The van der Waals surface area contributed by atoms with E-state index in [2.05, 4.69) is 18.8 Å². The quantitative estimate of drug-likeness (QED) is 0.430. The molecule has 1 N–H and O–H groups in total. The van der Waals surface area contributed by atoms with Gasteiger partial charge in [-0.2, -0.15) is 0 Å². The molecule has 4 nitrogen and oxygen atoms in total. The van der Waals surface area contributed by atoms with Crippen LogP contribution in [-0.4, -0.2) is 41.9 Å². The van der Waals surface area contributed by atoms with E-state index in [1.54, 1.807) is 24.4 Å². The number of aryl methyl sites for hydroxylation is 1. The first-order chi connectivity index (χ1) is 17.4. The minimum Gasteiger partial charge on any atom is -0.336 e. The molecule has 1 amide bonds. The molecule has 0 spiro atoms. The minimum absolute atomic E-state index is 0.0000466. The third kappa shape index (κ3) is 5.63. The highest BCUT2D eigenvalue weighted by molar-refractivity contribution is 6.32. The number of nitrogens with one attached hydrogen (secondary N) is 1. The molecule has 2 aromatic rings. The van der Waals surface area contributed by atoms with Crippen molar-refractivity contribution in [1.29, 1.82) is 0 Å². The van der Waals surface area contributed by atoms with Crippen molar-refractivity contribution in [1.82, 2.24) is 15.1 Å². The molecular formula is C30H33ClFN3O. The van der Waals surface area contributed by atoms with Gasteiger partial charge in [0.15, 0.2) is 0 Å². The van der Waals surface area contributed by atoms with Crippen LogP contribution in [0.15, 0.2) is 83.8 Å². The summed E-state index contributed by atoms with van der Waals surface area (Å²) in [5, 5.41) is 3.78. The number of carbonyl (C=O) groups excluding carboxylic acids is 1. The van der Waals surface area contributed by atoms with E-state index in [0.29, 0.717) is 35.1 Å². The van der Waals surface area contributed by atoms with Crippen LogP contribution in [0.3, 0.4) is 0 Å². The smallest absolute Gasteiger partial charge is 0.254 e. The first-order valence-electron chi connectivity index (χ1n) is 12.5. The molecule has 0 radical (unpaired) electrons. The third-order valence-corrected chi connectivity index (χ3v) is 7.00. The molecule has 0 aliphatic carbocycles. The maximum atomic E-state index is 15.0. The van der Waals surface area contributed by atoms with Crippen LogP contribution in [0, 0.1) is 12.7 Å². The van der Waals surface area contributed by atoms with Gasteiger partial charge in [0.1, 0.15) is 11.0 Å². The highest BCUT2D eigenvalue weighted by atomic mass is 35.5. The first-order valence-corrected chi connectivity index (χ1v) is 12.9. The van der Waals surface area contributed by atoms with Gasteiger partial charge in [-0.3, -0.25) is 4.79 Å². The highest BCUT2D eigenvalue weighted by Gasteiger charge is 2.24. The molecule has 2 aliphatic heterocycles. The van der Waals surface area contributed by atoms with Gasteiger partial charge in [0.05, 0.1) is 0 Å². The Kier molecular flexibility index (Phi) is 8.44. The second-order valence-corrected chi connectivity index (χ2v) is 9.58. The maximum Gasteiger partial charge on any atom is 0.254 e. The van der Waals surface area contributed by atoms with Gasteiger partial charge < -0.3 is 15.1 Å². The molecule has 0 bridgehead atoms. The van der Waals surface area contributed by atoms with Crippen LogP contribution in [0.1, 0.15) is 37.3 Å². The topological polar surface area (TPSA) is 35.6 Å². The summed E-state index contributed by atoms with van der Waals surface area (Å²) in [5.41, 5.74) is 5.26. The molecule has 36 heavy (non-hydrogen) atoms. The van der Waals surface area contributed by atoms with Crippen LogP contribution in [-0.2, 0) is 4.79 Å². The van der Waals surface area contributed by atoms with Crippen LogP contribution in [0.4, 0.5) is 4.39 Å². The average Bonchev–Trinajstić information content (AvgIpc) is 2.89. The molecule has 6 heteroatoms. The van der Waals surface area contributed by atoms with Gasteiger partial charge >= 0.3 is 0 Å². The summed E-state index contributed by atoms with van der Waals surface area (Å²) in [6.07, 6.45) is 8.05. The summed E-state index contributed by atoms with van der Waals surface area (Å²) >= 11 is 7.06. The number of allylic oxidation sites excluding steroid dienone is 2. The SMILES string of the molecule is C=C1C=C(C(=O)N2CCNCC2)C=CN1/C(Cl)=C(\CCCC)c1ccccc1-c1ccc(C)cc1F. The number of unbranched alkanes of at least 4 members (excludes halogenated alkanes) is 1. The summed E-state index contributed by atoms with van der Waals surface area (Å²) in [6.45, 7) is 11.2. The third-order valence-electron chi connectivity index (χ3n) is 6.59. The fraction of sp³-hybridized carbons (Fsp3) is 0.300. The highest BCUT2D eigenvalue weighted by Crippen LogP contribution is 2.38. The van der Waals surface area contributed by atoms with Gasteiger partial charge in [-0.25, -0.2) is 4.39 Å². The van der Waals surface area contributed by atoms with Crippen molar-refractivity contribution in [2.24, 2.45) is 0 Å². The van der Waals surface area contributed by atoms with Crippen molar-refractivity contribution < 1.29 is 9.18 Å².